The summed E-state index contributed by atoms with van der Waals surface area (Å²) in [5.74, 6) is 41.9. The molecule has 4 aromatic rings. The van der Waals surface area contributed by atoms with Gasteiger partial charge in [-0.3, -0.25) is 0 Å². The van der Waals surface area contributed by atoms with Crippen LogP contribution in [0.1, 0.15) is 71.9 Å². The molecule has 4 atom stereocenters. The van der Waals surface area contributed by atoms with Gasteiger partial charge < -0.3 is 0 Å². The first-order valence-electron chi connectivity index (χ1n) is 20.5. The van der Waals surface area contributed by atoms with Crippen LogP contribution in [-0.2, 0) is 0 Å². The molecule has 0 bridgehead atoms. The Labute approximate surface area is 381 Å². The molecule has 2 heteroatoms. The van der Waals surface area contributed by atoms with Crippen molar-refractivity contribution >= 4 is 45.2 Å². The molecule has 4 aromatic carbocycles. The highest BCUT2D eigenvalue weighted by Gasteiger charge is 2.65. The van der Waals surface area contributed by atoms with Gasteiger partial charge >= 0.3 is 0 Å². The van der Waals surface area contributed by atoms with E-state index in [1.165, 1.54) is 0 Å². The third-order valence-corrected chi connectivity index (χ3v) is 15.1. The quantitative estimate of drug-likeness (QED) is 0.122. The lowest BCUT2D eigenvalue weighted by atomic mass is 9.46. The van der Waals surface area contributed by atoms with Crippen LogP contribution in [0.15, 0.2) is 168 Å². The molecule has 0 N–H and O–H groups in total. The standard InChI is InChI=1S/C58H36I2/c59-53-25-9-5-21-47(53)29-27-43-17-1-3-19-45(43)31-33-51-49(55-35-11-13-37-57(51,55)41-15-39-55)23-7-8-24-50-52(58-38-14-12-36-56(50,58)40-16-42-58)34-32-46-20-4-2-18-44(46)28-30-48-22-6-10-26-54(48)60/h1-6,9-14,17-22,25-26,35-38H,15-16,39-42H2/t55-,56+,57+,58-. The number of allylic oxidation sites excluding steroid dienone is 12. The summed E-state index contributed by atoms with van der Waals surface area (Å²) in [6.45, 7) is 0. The van der Waals surface area contributed by atoms with Crippen molar-refractivity contribution in [1.82, 2.24) is 0 Å². The zero-order chi connectivity index (χ0) is 40.6. The number of benzene rings is 4. The van der Waals surface area contributed by atoms with E-state index in [0.29, 0.717) is 0 Å². The van der Waals surface area contributed by atoms with Crippen molar-refractivity contribution < 1.29 is 0 Å². The SMILES string of the molecule is Ic1ccccc1C#Cc1ccccc1C#CC1=C(C#CC#CC2=C(C#Cc3ccccc3C#Cc3ccccc3I)[C@]34C=CC=C[C@]23CCC4)[C@]23C=CC=C[C@]12CCC3. The van der Waals surface area contributed by atoms with E-state index < -0.39 is 0 Å². The maximum absolute atomic E-state index is 3.66. The van der Waals surface area contributed by atoms with Crippen LogP contribution < -0.4 is 0 Å². The lowest BCUT2D eigenvalue weighted by Gasteiger charge is -2.54. The minimum absolute atomic E-state index is 0.117. The summed E-state index contributed by atoms with van der Waals surface area (Å²) < 4.78 is 2.28. The van der Waals surface area contributed by atoms with Gasteiger partial charge in [0.2, 0.25) is 0 Å². The first-order chi connectivity index (χ1) is 29.5. The molecule has 0 radical (unpaired) electrons. The predicted molar refractivity (Wildman–Crippen MR) is 261 cm³/mol. The van der Waals surface area contributed by atoms with Crippen molar-refractivity contribution in [1.29, 1.82) is 0 Å². The largest absolute Gasteiger partial charge is 0.0721 e. The molecule has 0 saturated heterocycles. The lowest BCUT2D eigenvalue weighted by Crippen LogP contribution is -2.48. The van der Waals surface area contributed by atoms with E-state index >= 15 is 0 Å². The summed E-state index contributed by atoms with van der Waals surface area (Å²) in [7, 11) is 0. The van der Waals surface area contributed by atoms with Crippen LogP contribution in [0.25, 0.3) is 0 Å². The van der Waals surface area contributed by atoms with Crippen LogP contribution in [0.5, 0.6) is 0 Å². The van der Waals surface area contributed by atoms with Gasteiger partial charge in [-0.1, -0.05) is 169 Å². The van der Waals surface area contributed by atoms with Crippen molar-refractivity contribution in [3.05, 3.63) is 208 Å². The van der Waals surface area contributed by atoms with Crippen molar-refractivity contribution in [3.8, 4) is 71.0 Å². The van der Waals surface area contributed by atoms with Gasteiger partial charge in [0.1, 0.15) is 0 Å². The van der Waals surface area contributed by atoms with E-state index in [0.717, 1.165) is 101 Å². The second-order valence-corrected chi connectivity index (χ2v) is 18.4. The average molecular weight is 987 g/mol. The van der Waals surface area contributed by atoms with Crippen molar-refractivity contribution in [2.24, 2.45) is 21.7 Å². The summed E-state index contributed by atoms with van der Waals surface area (Å²) >= 11 is 4.68. The first-order valence-corrected chi connectivity index (χ1v) is 22.7. The summed E-state index contributed by atoms with van der Waals surface area (Å²) in [4.78, 5) is 0. The molecule has 6 aliphatic carbocycles. The normalized spacial score (nSPS) is 25.2. The third-order valence-electron chi connectivity index (χ3n) is 13.3. The van der Waals surface area contributed by atoms with Crippen LogP contribution in [0.2, 0.25) is 0 Å². The first kappa shape index (κ1) is 38.3. The fourth-order valence-electron chi connectivity index (χ4n) is 10.4. The van der Waals surface area contributed by atoms with E-state index in [1.54, 1.807) is 0 Å². The van der Waals surface area contributed by atoms with Gasteiger partial charge in [0.05, 0.1) is 0 Å². The van der Waals surface area contributed by atoms with Crippen molar-refractivity contribution in [3.63, 3.8) is 0 Å². The number of rotatable bonds is 0. The van der Waals surface area contributed by atoms with Crippen LogP contribution in [0.3, 0.4) is 0 Å². The van der Waals surface area contributed by atoms with Gasteiger partial charge in [0, 0.05) is 84.5 Å². The Morgan fingerprint density at radius 3 is 0.917 bits per heavy atom. The predicted octanol–water partition coefficient (Wildman–Crippen LogP) is 12.3. The highest BCUT2D eigenvalue weighted by molar-refractivity contribution is 14.1. The average Bonchev–Trinajstić information content (AvgIpc) is 3.81. The Morgan fingerprint density at radius 1 is 0.317 bits per heavy atom. The Morgan fingerprint density at radius 2 is 0.583 bits per heavy atom. The molecule has 0 nitrogen and oxygen atoms in total. The molecule has 2 saturated carbocycles. The Kier molecular flexibility index (Phi) is 9.99. The Balaban J connectivity index is 1.03. The topological polar surface area (TPSA) is 0 Å². The van der Waals surface area contributed by atoms with Crippen molar-refractivity contribution in [2.45, 2.75) is 38.5 Å². The molecule has 0 aromatic heterocycles. The van der Waals surface area contributed by atoms with Gasteiger partial charge in [0.15, 0.2) is 0 Å². The van der Waals surface area contributed by atoms with Gasteiger partial charge in [-0.25, -0.2) is 0 Å². The van der Waals surface area contributed by atoms with Crippen LogP contribution in [0, 0.1) is 99.8 Å². The maximum Gasteiger partial charge on any atom is 0.0405 e. The van der Waals surface area contributed by atoms with Crippen LogP contribution in [0.4, 0.5) is 0 Å². The highest BCUT2D eigenvalue weighted by Crippen LogP contribution is 2.72. The van der Waals surface area contributed by atoms with Gasteiger partial charge in [0.25, 0.3) is 0 Å². The minimum atomic E-state index is -0.124. The summed E-state index contributed by atoms with van der Waals surface area (Å²) in [5.41, 5.74) is 9.75. The molecule has 0 heterocycles. The molecule has 6 aliphatic rings. The Hall–Kier alpha value is -5.86. The molecule has 0 unspecified atom stereocenters. The second kappa shape index (κ2) is 15.6. The van der Waals surface area contributed by atoms with Crippen LogP contribution in [-0.4, -0.2) is 0 Å². The van der Waals surface area contributed by atoms with Gasteiger partial charge in [-0.05, 0) is 131 Å². The molecule has 282 valence electrons. The van der Waals surface area contributed by atoms with E-state index in [-0.39, 0.29) is 21.7 Å². The molecule has 10 rings (SSSR count). The zero-order valence-corrected chi connectivity index (χ0v) is 37.2. The molecule has 0 amide bonds. The smallest absolute Gasteiger partial charge is 0.0405 e. The van der Waals surface area contributed by atoms with E-state index in [9.17, 15) is 0 Å². The monoisotopic (exact) mass is 986 g/mol. The molecular weight excluding hydrogens is 950 g/mol. The zero-order valence-electron chi connectivity index (χ0n) is 32.9. The van der Waals surface area contributed by atoms with E-state index in [2.05, 4.69) is 213 Å². The molecule has 0 spiro atoms. The molecule has 2 fully saturated rings. The number of hydrogen-bond donors (Lipinski definition) is 0. The molecule has 60 heavy (non-hydrogen) atoms. The number of halogens is 2. The fraction of sp³-hybridized carbons (Fsp3) is 0.172. The third kappa shape index (κ3) is 6.13. The molecular formula is C58H36I2. The van der Waals surface area contributed by atoms with Crippen LogP contribution >= 0.6 is 45.2 Å². The highest BCUT2D eigenvalue weighted by atomic mass is 127. The maximum atomic E-state index is 3.66. The summed E-state index contributed by atoms with van der Waals surface area (Å²) in [6.07, 6.45) is 24.8. The fourth-order valence-corrected chi connectivity index (χ4v) is 11.5. The molecule has 0 aliphatic heterocycles. The second-order valence-electron chi connectivity index (χ2n) is 16.1. The van der Waals surface area contributed by atoms with Gasteiger partial charge in [-0.2, -0.15) is 0 Å². The summed E-state index contributed by atoms with van der Waals surface area (Å²) in [6, 6.07) is 32.8. The lowest BCUT2D eigenvalue weighted by molar-refractivity contribution is 0.232. The number of hydrogen-bond acceptors (Lipinski definition) is 0. The Bertz CT molecular complexity index is 2910. The van der Waals surface area contributed by atoms with E-state index in [4.69, 9.17) is 0 Å². The van der Waals surface area contributed by atoms with E-state index in [1.807, 2.05) is 48.5 Å². The van der Waals surface area contributed by atoms with Gasteiger partial charge in [-0.15, -0.1) is 0 Å². The van der Waals surface area contributed by atoms with Crippen molar-refractivity contribution in [2.75, 3.05) is 0 Å². The summed E-state index contributed by atoms with van der Waals surface area (Å²) in [5, 5.41) is 0. The minimum Gasteiger partial charge on any atom is -0.0721 e.